The van der Waals surface area contributed by atoms with Crippen LogP contribution in [0.3, 0.4) is 0 Å². The summed E-state index contributed by atoms with van der Waals surface area (Å²) in [6, 6.07) is 0.366. The molecule has 0 aromatic rings. The molecule has 0 aliphatic heterocycles. The summed E-state index contributed by atoms with van der Waals surface area (Å²) >= 11 is 0. The van der Waals surface area contributed by atoms with E-state index in [4.69, 9.17) is 5.73 Å². The van der Waals surface area contributed by atoms with E-state index >= 15 is 0 Å². The lowest BCUT2D eigenvalue weighted by Crippen LogP contribution is -2.23. The van der Waals surface area contributed by atoms with Gasteiger partial charge in [0.15, 0.2) is 0 Å². The predicted molar refractivity (Wildman–Crippen MR) is 33.1 cm³/mol. The van der Waals surface area contributed by atoms with Crippen molar-refractivity contribution < 1.29 is 0 Å². The molecule has 0 amide bonds. The quantitative estimate of drug-likeness (QED) is 0.558. The summed E-state index contributed by atoms with van der Waals surface area (Å²) in [7, 11) is 0. The van der Waals surface area contributed by atoms with Crippen molar-refractivity contribution >= 4 is 0 Å². The summed E-state index contributed by atoms with van der Waals surface area (Å²) < 4.78 is 0. The molecular weight excluding hydrogens is 86.1 g/mol. The van der Waals surface area contributed by atoms with Gasteiger partial charge < -0.3 is 5.73 Å². The smallest absolute Gasteiger partial charge is 0.00360 e. The molecule has 1 heteroatoms. The van der Waals surface area contributed by atoms with Crippen molar-refractivity contribution in [3.8, 4) is 0 Å². The van der Waals surface area contributed by atoms with E-state index in [9.17, 15) is 0 Å². The molecule has 0 rings (SSSR count). The summed E-state index contributed by atoms with van der Waals surface area (Å²) in [6.07, 6.45) is 1.19. The number of nitrogens with two attached hydrogens (primary N) is 1. The largest absolute Gasteiger partial charge is 0.328 e. The molecule has 0 fully saturated rings. The molecule has 0 heterocycles. The van der Waals surface area contributed by atoms with Crippen LogP contribution in [-0.4, -0.2) is 6.04 Å². The van der Waals surface area contributed by atoms with Gasteiger partial charge in [-0.2, -0.15) is 0 Å². The second-order valence-corrected chi connectivity index (χ2v) is 2.24. The van der Waals surface area contributed by atoms with Crippen LogP contribution in [0.2, 0.25) is 0 Å². The van der Waals surface area contributed by atoms with Crippen LogP contribution in [0.15, 0.2) is 0 Å². The van der Waals surface area contributed by atoms with E-state index < -0.39 is 0 Å². The predicted octanol–water partition coefficient (Wildman–Crippen LogP) is 1.38. The SMILES string of the molecule is CC[C@H](C)[C@@H](C)N. The molecule has 0 spiro atoms. The fraction of sp³-hybridized carbons (Fsp3) is 1.00. The fourth-order valence-corrected chi connectivity index (χ4v) is 0.372. The molecule has 0 aromatic carbocycles. The van der Waals surface area contributed by atoms with Gasteiger partial charge in [0.05, 0.1) is 0 Å². The van der Waals surface area contributed by atoms with Crippen molar-refractivity contribution in [3.63, 3.8) is 0 Å². The van der Waals surface area contributed by atoms with Gasteiger partial charge in [0.1, 0.15) is 0 Å². The Morgan fingerprint density at radius 1 is 1.43 bits per heavy atom. The van der Waals surface area contributed by atoms with E-state index in [0.29, 0.717) is 12.0 Å². The van der Waals surface area contributed by atoms with Gasteiger partial charge in [-0.25, -0.2) is 0 Å². The Hall–Kier alpha value is -0.0400. The average Bonchev–Trinajstić information content (AvgIpc) is 1.65. The van der Waals surface area contributed by atoms with E-state index in [2.05, 4.69) is 13.8 Å². The molecule has 0 bridgehead atoms. The van der Waals surface area contributed by atoms with Gasteiger partial charge in [-0.1, -0.05) is 20.3 Å². The van der Waals surface area contributed by atoms with Crippen LogP contribution in [0.25, 0.3) is 0 Å². The van der Waals surface area contributed by atoms with Crippen molar-refractivity contribution in [2.45, 2.75) is 33.2 Å². The Balaban J connectivity index is 3.14. The monoisotopic (exact) mass is 101 g/mol. The van der Waals surface area contributed by atoms with Gasteiger partial charge in [0, 0.05) is 6.04 Å². The molecule has 0 aliphatic carbocycles. The van der Waals surface area contributed by atoms with Crippen molar-refractivity contribution in [2.24, 2.45) is 11.7 Å². The van der Waals surface area contributed by atoms with E-state index in [1.54, 1.807) is 0 Å². The van der Waals surface area contributed by atoms with Gasteiger partial charge in [0.2, 0.25) is 0 Å². The van der Waals surface area contributed by atoms with Crippen LogP contribution in [-0.2, 0) is 0 Å². The molecule has 0 aliphatic rings. The molecule has 7 heavy (non-hydrogen) atoms. The van der Waals surface area contributed by atoms with Crippen molar-refractivity contribution in [1.82, 2.24) is 0 Å². The molecule has 44 valence electrons. The highest BCUT2D eigenvalue weighted by molar-refractivity contribution is 4.59. The maximum atomic E-state index is 5.55. The second kappa shape index (κ2) is 3.03. The zero-order valence-electron chi connectivity index (χ0n) is 5.44. The van der Waals surface area contributed by atoms with Crippen LogP contribution in [0.4, 0.5) is 0 Å². The zero-order chi connectivity index (χ0) is 5.86. The van der Waals surface area contributed by atoms with Crippen LogP contribution in [0.5, 0.6) is 0 Å². The molecule has 0 unspecified atom stereocenters. The summed E-state index contributed by atoms with van der Waals surface area (Å²) in [6.45, 7) is 6.38. The Labute approximate surface area is 45.9 Å². The minimum absolute atomic E-state index is 0.366. The molecular formula is C6H15N. The van der Waals surface area contributed by atoms with Crippen LogP contribution >= 0.6 is 0 Å². The first kappa shape index (κ1) is 6.96. The van der Waals surface area contributed by atoms with Gasteiger partial charge in [-0.05, 0) is 12.8 Å². The first-order valence-electron chi connectivity index (χ1n) is 2.94. The molecule has 1 nitrogen and oxygen atoms in total. The van der Waals surface area contributed by atoms with E-state index in [1.165, 1.54) is 6.42 Å². The third-order valence-corrected chi connectivity index (χ3v) is 1.54. The van der Waals surface area contributed by atoms with Crippen molar-refractivity contribution in [1.29, 1.82) is 0 Å². The number of hydrogen-bond acceptors (Lipinski definition) is 1. The number of rotatable bonds is 2. The zero-order valence-corrected chi connectivity index (χ0v) is 5.44. The standard InChI is InChI=1S/C6H15N/c1-4-5(2)6(3)7/h5-6H,4,7H2,1-3H3/t5-,6+/m0/s1. The second-order valence-electron chi connectivity index (χ2n) is 2.24. The van der Waals surface area contributed by atoms with Crippen molar-refractivity contribution in [2.75, 3.05) is 0 Å². The Morgan fingerprint density at radius 3 is 1.86 bits per heavy atom. The topological polar surface area (TPSA) is 26.0 Å². The molecule has 0 saturated carbocycles. The Bertz CT molecular complexity index is 41.4. The summed E-state index contributed by atoms with van der Waals surface area (Å²) in [4.78, 5) is 0. The summed E-state index contributed by atoms with van der Waals surface area (Å²) in [5, 5.41) is 0. The fourth-order valence-electron chi connectivity index (χ4n) is 0.372. The first-order chi connectivity index (χ1) is 3.18. The van der Waals surface area contributed by atoms with E-state index in [-0.39, 0.29) is 0 Å². The Morgan fingerprint density at radius 2 is 1.86 bits per heavy atom. The van der Waals surface area contributed by atoms with Gasteiger partial charge >= 0.3 is 0 Å². The summed E-state index contributed by atoms with van der Waals surface area (Å²) in [5.74, 6) is 0.681. The number of hydrogen-bond donors (Lipinski definition) is 1. The van der Waals surface area contributed by atoms with Gasteiger partial charge in [0.25, 0.3) is 0 Å². The van der Waals surface area contributed by atoms with Crippen molar-refractivity contribution in [3.05, 3.63) is 0 Å². The van der Waals surface area contributed by atoms with Gasteiger partial charge in [-0.15, -0.1) is 0 Å². The molecule has 0 radical (unpaired) electrons. The normalized spacial score (nSPS) is 18.9. The van der Waals surface area contributed by atoms with Crippen LogP contribution < -0.4 is 5.73 Å². The maximum Gasteiger partial charge on any atom is 0.00360 e. The molecule has 0 aromatic heterocycles. The highest BCUT2D eigenvalue weighted by Crippen LogP contribution is 2.02. The summed E-state index contributed by atoms with van der Waals surface area (Å²) in [5.41, 5.74) is 5.55. The Kier molecular flexibility index (Phi) is 3.01. The van der Waals surface area contributed by atoms with Gasteiger partial charge in [-0.3, -0.25) is 0 Å². The van der Waals surface area contributed by atoms with Crippen LogP contribution in [0, 0.1) is 5.92 Å². The van der Waals surface area contributed by atoms with E-state index in [1.807, 2.05) is 6.92 Å². The molecule has 2 N–H and O–H groups in total. The first-order valence-corrected chi connectivity index (χ1v) is 2.94. The highest BCUT2D eigenvalue weighted by atomic mass is 14.6. The average molecular weight is 101 g/mol. The minimum Gasteiger partial charge on any atom is -0.328 e. The lowest BCUT2D eigenvalue weighted by atomic mass is 10.0. The van der Waals surface area contributed by atoms with Crippen LogP contribution in [0.1, 0.15) is 27.2 Å². The highest BCUT2D eigenvalue weighted by Gasteiger charge is 2.01. The lowest BCUT2D eigenvalue weighted by Gasteiger charge is -2.10. The third-order valence-electron chi connectivity index (χ3n) is 1.54. The lowest BCUT2D eigenvalue weighted by molar-refractivity contribution is 0.470. The minimum atomic E-state index is 0.366. The molecule has 2 atom stereocenters. The molecule has 0 saturated heterocycles. The van der Waals surface area contributed by atoms with E-state index in [0.717, 1.165) is 0 Å². The maximum absolute atomic E-state index is 5.55. The third kappa shape index (κ3) is 2.63.